The first-order valence-electron chi connectivity index (χ1n) is 5.33. The van der Waals surface area contributed by atoms with Crippen LogP contribution in [0, 0.1) is 12.3 Å². The Kier molecular flexibility index (Phi) is 4.84. The second-order valence-electron chi connectivity index (χ2n) is 4.18. The predicted molar refractivity (Wildman–Crippen MR) is 56.4 cm³/mol. The van der Waals surface area contributed by atoms with Crippen LogP contribution in [0.5, 0.6) is 0 Å². The summed E-state index contributed by atoms with van der Waals surface area (Å²) < 4.78 is 5.18. The van der Waals surface area contributed by atoms with Crippen molar-refractivity contribution in [3.05, 3.63) is 6.42 Å². The molecule has 1 rings (SSSR count). The predicted octanol–water partition coefficient (Wildman–Crippen LogP) is -2.85. The molecule has 6 N–H and O–H groups in total. The molecule has 7 heteroatoms. The standard InChI is InChI=1S/C10H18NO6/c1-4(10(11)16)2-5-7(13)9(15)8(14)6(3-12)17-5/h2,4-9,12-15H,3H2,1H3,(H2,11,16). The Bertz CT molecular complexity index is 272. The van der Waals surface area contributed by atoms with Crippen molar-refractivity contribution < 1.29 is 30.0 Å². The highest BCUT2D eigenvalue weighted by molar-refractivity contribution is 5.77. The van der Waals surface area contributed by atoms with Crippen molar-refractivity contribution in [3.8, 4) is 0 Å². The molecule has 0 aromatic rings. The van der Waals surface area contributed by atoms with E-state index in [1.807, 2.05) is 0 Å². The molecular formula is C10H18NO6. The van der Waals surface area contributed by atoms with Gasteiger partial charge in [0.1, 0.15) is 24.4 Å². The van der Waals surface area contributed by atoms with Crippen molar-refractivity contribution in [1.82, 2.24) is 0 Å². The van der Waals surface area contributed by atoms with E-state index in [0.717, 1.165) is 0 Å². The van der Waals surface area contributed by atoms with E-state index in [0.29, 0.717) is 0 Å². The van der Waals surface area contributed by atoms with Crippen LogP contribution in [-0.2, 0) is 9.53 Å². The molecular weight excluding hydrogens is 230 g/mol. The molecule has 0 aromatic heterocycles. The Morgan fingerprint density at radius 2 is 1.94 bits per heavy atom. The maximum absolute atomic E-state index is 10.9. The fourth-order valence-electron chi connectivity index (χ4n) is 1.67. The summed E-state index contributed by atoms with van der Waals surface area (Å²) in [5.41, 5.74) is 5.06. The lowest BCUT2D eigenvalue weighted by atomic mass is 9.90. The number of nitrogens with two attached hydrogens (primary N) is 1. The highest BCUT2D eigenvalue weighted by atomic mass is 16.5. The van der Waals surface area contributed by atoms with Gasteiger partial charge in [0.15, 0.2) is 0 Å². The lowest BCUT2D eigenvalue weighted by Gasteiger charge is -2.40. The molecule has 1 amide bonds. The van der Waals surface area contributed by atoms with Gasteiger partial charge in [-0.2, -0.15) is 0 Å². The van der Waals surface area contributed by atoms with Gasteiger partial charge in [-0.1, -0.05) is 6.92 Å². The Balaban J connectivity index is 2.68. The van der Waals surface area contributed by atoms with E-state index >= 15 is 0 Å². The number of carbonyl (C=O) groups is 1. The van der Waals surface area contributed by atoms with Crippen LogP contribution >= 0.6 is 0 Å². The van der Waals surface area contributed by atoms with Gasteiger partial charge < -0.3 is 30.9 Å². The van der Waals surface area contributed by atoms with Crippen LogP contribution in [0.2, 0.25) is 0 Å². The van der Waals surface area contributed by atoms with Gasteiger partial charge in [0, 0.05) is 12.3 Å². The van der Waals surface area contributed by atoms with E-state index in [2.05, 4.69) is 0 Å². The molecule has 0 spiro atoms. The van der Waals surface area contributed by atoms with Gasteiger partial charge in [-0.15, -0.1) is 0 Å². The van der Waals surface area contributed by atoms with Crippen molar-refractivity contribution in [2.24, 2.45) is 11.7 Å². The van der Waals surface area contributed by atoms with Crippen LogP contribution in [0.25, 0.3) is 0 Å². The van der Waals surface area contributed by atoms with Crippen LogP contribution in [0.15, 0.2) is 0 Å². The number of amides is 1. The summed E-state index contributed by atoms with van der Waals surface area (Å²) in [4.78, 5) is 10.9. The Labute approximate surface area is 98.8 Å². The molecule has 0 aromatic carbocycles. The first-order chi connectivity index (χ1) is 7.88. The normalized spacial score (nSPS) is 39.9. The fourth-order valence-corrected chi connectivity index (χ4v) is 1.67. The molecule has 1 radical (unpaired) electrons. The molecule has 6 unspecified atom stereocenters. The number of rotatable bonds is 4. The average molecular weight is 248 g/mol. The fraction of sp³-hybridized carbons (Fsp3) is 0.800. The van der Waals surface area contributed by atoms with E-state index in [4.69, 9.17) is 15.6 Å². The number of aliphatic hydroxyl groups excluding tert-OH is 4. The molecule has 7 nitrogen and oxygen atoms in total. The molecule has 1 aliphatic rings. The van der Waals surface area contributed by atoms with Gasteiger partial charge in [0.05, 0.1) is 12.7 Å². The van der Waals surface area contributed by atoms with Crippen molar-refractivity contribution in [1.29, 1.82) is 0 Å². The zero-order valence-electron chi connectivity index (χ0n) is 9.43. The number of ether oxygens (including phenoxy) is 1. The second kappa shape index (κ2) is 5.74. The second-order valence-corrected chi connectivity index (χ2v) is 4.18. The number of primary amides is 1. The Morgan fingerprint density at radius 3 is 2.41 bits per heavy atom. The lowest BCUT2D eigenvalue weighted by Crippen LogP contribution is -2.59. The van der Waals surface area contributed by atoms with Crippen molar-refractivity contribution in [2.75, 3.05) is 6.61 Å². The smallest absolute Gasteiger partial charge is 0.220 e. The Morgan fingerprint density at radius 1 is 1.35 bits per heavy atom. The zero-order chi connectivity index (χ0) is 13.2. The largest absolute Gasteiger partial charge is 0.394 e. The van der Waals surface area contributed by atoms with Crippen LogP contribution in [0.1, 0.15) is 6.92 Å². The maximum atomic E-state index is 10.9. The summed E-state index contributed by atoms with van der Waals surface area (Å²) in [6.07, 6.45) is -4.81. The summed E-state index contributed by atoms with van der Waals surface area (Å²) in [6, 6.07) is 0. The molecule has 0 aliphatic carbocycles. The van der Waals surface area contributed by atoms with Crippen molar-refractivity contribution in [3.63, 3.8) is 0 Å². The van der Waals surface area contributed by atoms with E-state index in [9.17, 15) is 20.1 Å². The van der Waals surface area contributed by atoms with E-state index in [1.165, 1.54) is 13.3 Å². The molecule has 6 atom stereocenters. The highest BCUT2D eigenvalue weighted by Crippen LogP contribution is 2.24. The van der Waals surface area contributed by atoms with E-state index in [-0.39, 0.29) is 0 Å². The topological polar surface area (TPSA) is 133 Å². The average Bonchev–Trinajstić information content (AvgIpc) is 2.29. The summed E-state index contributed by atoms with van der Waals surface area (Å²) >= 11 is 0. The monoisotopic (exact) mass is 248 g/mol. The lowest BCUT2D eigenvalue weighted by molar-refractivity contribution is -0.221. The maximum Gasteiger partial charge on any atom is 0.220 e. The van der Waals surface area contributed by atoms with E-state index in [1.54, 1.807) is 0 Å². The molecule has 1 fully saturated rings. The number of aliphatic hydroxyl groups is 4. The molecule has 17 heavy (non-hydrogen) atoms. The Hall–Kier alpha value is -0.730. The van der Waals surface area contributed by atoms with E-state index < -0.39 is 49.0 Å². The SMILES string of the molecule is CC([CH]C1OC(CO)C(O)C(O)C1O)C(N)=O. The third-order valence-corrected chi connectivity index (χ3v) is 2.86. The summed E-state index contributed by atoms with van der Waals surface area (Å²) in [5.74, 6) is -1.25. The van der Waals surface area contributed by atoms with Gasteiger partial charge >= 0.3 is 0 Å². The van der Waals surface area contributed by atoms with Gasteiger partial charge in [-0.25, -0.2) is 0 Å². The minimum absolute atomic E-state index is 0.500. The third-order valence-electron chi connectivity index (χ3n) is 2.86. The zero-order valence-corrected chi connectivity index (χ0v) is 9.43. The molecule has 0 saturated carbocycles. The minimum atomic E-state index is -1.44. The van der Waals surface area contributed by atoms with Gasteiger partial charge in [0.25, 0.3) is 0 Å². The van der Waals surface area contributed by atoms with Gasteiger partial charge in [0.2, 0.25) is 5.91 Å². The van der Waals surface area contributed by atoms with Crippen LogP contribution in [-0.4, -0.2) is 63.5 Å². The molecule has 0 bridgehead atoms. The molecule has 1 saturated heterocycles. The number of carbonyl (C=O) groups excluding carboxylic acids is 1. The summed E-state index contributed by atoms with van der Waals surface area (Å²) in [7, 11) is 0. The van der Waals surface area contributed by atoms with Gasteiger partial charge in [-0.05, 0) is 0 Å². The van der Waals surface area contributed by atoms with Crippen LogP contribution < -0.4 is 5.73 Å². The first-order valence-corrected chi connectivity index (χ1v) is 5.33. The first kappa shape index (κ1) is 14.3. The highest BCUT2D eigenvalue weighted by Gasteiger charge is 2.43. The number of hydrogen-bond donors (Lipinski definition) is 5. The molecule has 1 aliphatic heterocycles. The summed E-state index contributed by atoms with van der Waals surface area (Å²) in [6.45, 7) is 1.02. The van der Waals surface area contributed by atoms with Crippen molar-refractivity contribution in [2.45, 2.75) is 37.4 Å². The van der Waals surface area contributed by atoms with Crippen LogP contribution in [0.4, 0.5) is 0 Å². The molecule has 99 valence electrons. The number of hydrogen-bond acceptors (Lipinski definition) is 6. The third kappa shape index (κ3) is 3.14. The van der Waals surface area contributed by atoms with Crippen LogP contribution in [0.3, 0.4) is 0 Å². The minimum Gasteiger partial charge on any atom is -0.394 e. The quantitative estimate of drug-likeness (QED) is 0.364. The molecule has 1 heterocycles. The summed E-state index contributed by atoms with van der Waals surface area (Å²) in [5, 5.41) is 37.6. The van der Waals surface area contributed by atoms with Gasteiger partial charge in [-0.3, -0.25) is 4.79 Å². The van der Waals surface area contributed by atoms with Crippen molar-refractivity contribution >= 4 is 5.91 Å².